The number of hydrogen-bond donors (Lipinski definition) is 1. The van der Waals surface area contributed by atoms with Crippen LogP contribution in [0.5, 0.6) is 0 Å². The highest BCUT2D eigenvalue weighted by Crippen LogP contribution is 2.16. The first kappa shape index (κ1) is 12.2. The molecule has 0 atom stereocenters. The molecule has 15 heavy (non-hydrogen) atoms. The van der Waals surface area contributed by atoms with Gasteiger partial charge in [-0.2, -0.15) is 5.26 Å². The number of hydrogen-bond acceptors (Lipinski definition) is 4. The van der Waals surface area contributed by atoms with Gasteiger partial charge in [0.1, 0.15) is 0 Å². The lowest BCUT2D eigenvalue weighted by Gasteiger charge is -2.01. The van der Waals surface area contributed by atoms with Crippen LogP contribution < -0.4 is 5.32 Å². The first-order valence-electron chi connectivity index (χ1n) is 5.24. The molecule has 0 bridgehead atoms. The molecule has 0 saturated heterocycles. The SMILES string of the molecule is Cc1nc(C)c(CNCCCCC#N)s1. The van der Waals surface area contributed by atoms with E-state index in [0.717, 1.165) is 36.6 Å². The highest BCUT2D eigenvalue weighted by molar-refractivity contribution is 7.11. The van der Waals surface area contributed by atoms with Gasteiger partial charge in [0, 0.05) is 17.8 Å². The van der Waals surface area contributed by atoms with Gasteiger partial charge in [0.15, 0.2) is 0 Å². The van der Waals surface area contributed by atoms with E-state index in [0.29, 0.717) is 6.42 Å². The average molecular weight is 223 g/mol. The number of rotatable bonds is 6. The molecule has 1 rings (SSSR count). The topological polar surface area (TPSA) is 48.7 Å². The third-order valence-corrected chi connectivity index (χ3v) is 3.25. The summed E-state index contributed by atoms with van der Waals surface area (Å²) in [6.07, 6.45) is 2.73. The number of unbranched alkanes of at least 4 members (excludes halogenated alkanes) is 2. The lowest BCUT2D eigenvalue weighted by molar-refractivity contribution is 0.631. The minimum absolute atomic E-state index is 0.667. The molecule has 0 aromatic carbocycles. The maximum Gasteiger partial charge on any atom is 0.0900 e. The normalized spacial score (nSPS) is 10.2. The summed E-state index contributed by atoms with van der Waals surface area (Å²) in [6, 6.07) is 2.15. The Kier molecular flexibility index (Phi) is 5.30. The fourth-order valence-electron chi connectivity index (χ4n) is 1.39. The van der Waals surface area contributed by atoms with Gasteiger partial charge in [0.25, 0.3) is 0 Å². The number of thiazole rings is 1. The van der Waals surface area contributed by atoms with Gasteiger partial charge in [-0.15, -0.1) is 11.3 Å². The summed E-state index contributed by atoms with van der Waals surface area (Å²) in [5, 5.41) is 12.9. The molecule has 0 aliphatic rings. The summed E-state index contributed by atoms with van der Waals surface area (Å²) in [4.78, 5) is 5.70. The fraction of sp³-hybridized carbons (Fsp3) is 0.636. The summed E-state index contributed by atoms with van der Waals surface area (Å²) >= 11 is 1.76. The van der Waals surface area contributed by atoms with Crippen molar-refractivity contribution >= 4 is 11.3 Å². The van der Waals surface area contributed by atoms with Crippen molar-refractivity contribution < 1.29 is 0 Å². The molecule has 4 heteroatoms. The van der Waals surface area contributed by atoms with Gasteiger partial charge >= 0.3 is 0 Å². The van der Waals surface area contributed by atoms with E-state index < -0.39 is 0 Å². The third kappa shape index (κ3) is 4.41. The maximum atomic E-state index is 8.36. The molecule has 1 N–H and O–H groups in total. The van der Waals surface area contributed by atoms with E-state index in [9.17, 15) is 0 Å². The first-order chi connectivity index (χ1) is 7.24. The van der Waals surface area contributed by atoms with Crippen LogP contribution >= 0.6 is 11.3 Å². The molecule has 0 fully saturated rings. The predicted molar refractivity (Wildman–Crippen MR) is 62.8 cm³/mol. The standard InChI is InChI=1S/C11H17N3S/c1-9-11(15-10(2)14-9)8-13-7-5-3-4-6-12/h13H,3-5,7-8H2,1-2H3. The van der Waals surface area contributed by atoms with Crippen LogP contribution in [-0.4, -0.2) is 11.5 Å². The van der Waals surface area contributed by atoms with Gasteiger partial charge in [0.05, 0.1) is 16.8 Å². The Balaban J connectivity index is 2.15. The molecule has 0 radical (unpaired) electrons. The number of nitrogens with one attached hydrogen (secondary N) is 1. The van der Waals surface area contributed by atoms with Crippen molar-refractivity contribution in [2.75, 3.05) is 6.54 Å². The van der Waals surface area contributed by atoms with Crippen molar-refractivity contribution in [1.82, 2.24) is 10.3 Å². The second kappa shape index (κ2) is 6.54. The van der Waals surface area contributed by atoms with Crippen molar-refractivity contribution in [1.29, 1.82) is 5.26 Å². The molecule has 0 aliphatic heterocycles. The van der Waals surface area contributed by atoms with Crippen molar-refractivity contribution in [2.24, 2.45) is 0 Å². The van der Waals surface area contributed by atoms with Crippen LogP contribution in [0.2, 0.25) is 0 Å². The van der Waals surface area contributed by atoms with E-state index in [2.05, 4.69) is 23.3 Å². The highest BCUT2D eigenvalue weighted by atomic mass is 32.1. The lowest BCUT2D eigenvalue weighted by atomic mass is 10.2. The molecule has 1 heterocycles. The molecular weight excluding hydrogens is 206 g/mol. The van der Waals surface area contributed by atoms with Crippen molar-refractivity contribution in [3.05, 3.63) is 15.6 Å². The maximum absolute atomic E-state index is 8.36. The predicted octanol–water partition coefficient (Wildman–Crippen LogP) is 2.54. The van der Waals surface area contributed by atoms with Crippen LogP contribution in [0.25, 0.3) is 0 Å². The van der Waals surface area contributed by atoms with Gasteiger partial charge in [0.2, 0.25) is 0 Å². The Morgan fingerprint density at radius 3 is 2.80 bits per heavy atom. The minimum Gasteiger partial charge on any atom is -0.312 e. The summed E-state index contributed by atoms with van der Waals surface area (Å²) in [5.74, 6) is 0. The number of aryl methyl sites for hydroxylation is 2. The highest BCUT2D eigenvalue weighted by Gasteiger charge is 2.03. The van der Waals surface area contributed by atoms with Crippen molar-refractivity contribution in [3.8, 4) is 6.07 Å². The van der Waals surface area contributed by atoms with Crippen LogP contribution in [0, 0.1) is 25.2 Å². The molecule has 0 saturated carbocycles. The number of nitrogens with zero attached hydrogens (tertiary/aromatic N) is 2. The molecule has 0 aliphatic carbocycles. The van der Waals surface area contributed by atoms with Gasteiger partial charge in [-0.1, -0.05) is 0 Å². The van der Waals surface area contributed by atoms with E-state index in [1.165, 1.54) is 4.88 Å². The van der Waals surface area contributed by atoms with Gasteiger partial charge < -0.3 is 5.32 Å². The second-order valence-corrected chi connectivity index (χ2v) is 4.82. The van der Waals surface area contributed by atoms with Crippen LogP contribution in [-0.2, 0) is 6.54 Å². The molecule has 0 spiro atoms. The van der Waals surface area contributed by atoms with E-state index in [-0.39, 0.29) is 0 Å². The van der Waals surface area contributed by atoms with Gasteiger partial charge in [-0.05, 0) is 33.2 Å². The van der Waals surface area contributed by atoms with E-state index >= 15 is 0 Å². The van der Waals surface area contributed by atoms with E-state index in [1.807, 2.05) is 6.92 Å². The monoisotopic (exact) mass is 223 g/mol. The smallest absolute Gasteiger partial charge is 0.0900 e. The summed E-state index contributed by atoms with van der Waals surface area (Å²) in [7, 11) is 0. The Bertz CT molecular complexity index is 338. The minimum atomic E-state index is 0.667. The fourth-order valence-corrected chi connectivity index (χ4v) is 2.30. The largest absolute Gasteiger partial charge is 0.312 e. The van der Waals surface area contributed by atoms with Crippen LogP contribution in [0.4, 0.5) is 0 Å². The van der Waals surface area contributed by atoms with Crippen molar-refractivity contribution in [2.45, 2.75) is 39.7 Å². The van der Waals surface area contributed by atoms with Crippen molar-refractivity contribution in [3.63, 3.8) is 0 Å². The lowest BCUT2D eigenvalue weighted by Crippen LogP contribution is -2.14. The Labute approximate surface area is 95.2 Å². The first-order valence-corrected chi connectivity index (χ1v) is 6.06. The zero-order chi connectivity index (χ0) is 11.1. The van der Waals surface area contributed by atoms with Gasteiger partial charge in [-0.25, -0.2) is 4.98 Å². The second-order valence-electron chi connectivity index (χ2n) is 3.53. The quantitative estimate of drug-likeness (QED) is 0.754. The summed E-state index contributed by atoms with van der Waals surface area (Å²) in [6.45, 7) is 5.98. The molecule has 0 unspecified atom stereocenters. The van der Waals surface area contributed by atoms with Crippen LogP contribution in [0.15, 0.2) is 0 Å². The Morgan fingerprint density at radius 1 is 1.40 bits per heavy atom. The Morgan fingerprint density at radius 2 is 2.20 bits per heavy atom. The van der Waals surface area contributed by atoms with Crippen LogP contribution in [0.3, 0.4) is 0 Å². The summed E-state index contributed by atoms with van der Waals surface area (Å²) < 4.78 is 0. The van der Waals surface area contributed by atoms with Gasteiger partial charge in [-0.3, -0.25) is 0 Å². The molecule has 0 amide bonds. The van der Waals surface area contributed by atoms with E-state index in [4.69, 9.17) is 5.26 Å². The molecular formula is C11H17N3S. The molecule has 82 valence electrons. The van der Waals surface area contributed by atoms with Crippen LogP contribution in [0.1, 0.15) is 34.8 Å². The van der Waals surface area contributed by atoms with E-state index in [1.54, 1.807) is 11.3 Å². The zero-order valence-electron chi connectivity index (χ0n) is 9.34. The third-order valence-electron chi connectivity index (χ3n) is 2.18. The molecule has 3 nitrogen and oxygen atoms in total. The average Bonchev–Trinajstić information content (AvgIpc) is 2.51. The molecule has 1 aromatic rings. The number of aromatic nitrogens is 1. The number of nitriles is 1. The zero-order valence-corrected chi connectivity index (χ0v) is 10.2. The summed E-state index contributed by atoms with van der Waals surface area (Å²) in [5.41, 5.74) is 1.14. The molecule has 1 aromatic heterocycles. The Hall–Kier alpha value is -0.920.